The molecule has 0 fully saturated rings. The van der Waals surface area contributed by atoms with E-state index in [-0.39, 0.29) is 11.5 Å². The van der Waals surface area contributed by atoms with Gasteiger partial charge in [0.1, 0.15) is 6.54 Å². The van der Waals surface area contributed by atoms with Crippen LogP contribution in [0.5, 0.6) is 11.5 Å². The Bertz CT molecular complexity index is 1100. The summed E-state index contributed by atoms with van der Waals surface area (Å²) >= 11 is 0. The Morgan fingerprint density at radius 3 is 2.47 bits per heavy atom. The number of hydrazone groups is 1. The number of nitrogens with one attached hydrogen (secondary N) is 1. The third-order valence-electron chi connectivity index (χ3n) is 4.28. The average Bonchev–Trinajstić information content (AvgIpc) is 2.77. The maximum atomic E-state index is 12.4. The number of benzene rings is 2. The fraction of sp³-hybridized carbons (Fsp3) is 0.286. The Hall–Kier alpha value is -3.60. The lowest BCUT2D eigenvalue weighted by atomic mass is 10.1. The highest BCUT2D eigenvalue weighted by molar-refractivity contribution is 7.92. The molecule has 0 aromatic heterocycles. The summed E-state index contributed by atoms with van der Waals surface area (Å²) in [6.45, 7) is 1.47. The van der Waals surface area contributed by atoms with Gasteiger partial charge in [-0.3, -0.25) is 9.10 Å². The van der Waals surface area contributed by atoms with Gasteiger partial charge in [0.25, 0.3) is 5.91 Å². The van der Waals surface area contributed by atoms with Gasteiger partial charge in [-0.05, 0) is 41.8 Å². The van der Waals surface area contributed by atoms with E-state index in [1.807, 2.05) is 19.1 Å². The fourth-order valence-corrected chi connectivity index (χ4v) is 3.65. The van der Waals surface area contributed by atoms with Crippen LogP contribution in [0.3, 0.4) is 0 Å². The molecule has 0 saturated heterocycles. The first kappa shape index (κ1) is 24.7. The Kier molecular flexibility index (Phi) is 8.59. The Labute approximate surface area is 186 Å². The number of nitrogens with zero attached hydrogens (tertiary/aromatic N) is 2. The van der Waals surface area contributed by atoms with Gasteiger partial charge in [-0.25, -0.2) is 18.6 Å². The smallest absolute Gasteiger partial charge is 0.493 e. The standard InChI is InChI=1S/C21H25N3O7S/c1-5-16-8-6-7-9-17(16)24(32(4,27)28)14-20(25)23-22-13-15-10-11-18(19(12-15)29-2)31-21(26)30-3/h6-13H,5,14H2,1-4H3,(H,23,25)/b22-13-. The SMILES string of the molecule is CCc1ccccc1N(CC(=O)N/N=C\c1ccc(OC(=O)OC)c(OC)c1)S(C)(=O)=O. The summed E-state index contributed by atoms with van der Waals surface area (Å²) in [5.74, 6) is -0.209. The van der Waals surface area contributed by atoms with Crippen molar-refractivity contribution in [3.8, 4) is 11.5 Å². The minimum atomic E-state index is -3.70. The number of para-hydroxylation sites is 1. The van der Waals surface area contributed by atoms with Crippen LogP contribution in [-0.2, 0) is 26.0 Å². The van der Waals surface area contributed by atoms with Crippen molar-refractivity contribution < 1.29 is 32.2 Å². The molecule has 0 bridgehead atoms. The first-order chi connectivity index (χ1) is 15.2. The second-order valence-electron chi connectivity index (χ2n) is 6.51. The quantitative estimate of drug-likeness (QED) is 0.262. The molecule has 0 spiro atoms. The summed E-state index contributed by atoms with van der Waals surface area (Å²) in [6, 6.07) is 11.6. The second kappa shape index (κ2) is 11.1. The van der Waals surface area contributed by atoms with Crippen LogP contribution in [0.15, 0.2) is 47.6 Å². The zero-order valence-corrected chi connectivity index (χ0v) is 19.0. The third-order valence-corrected chi connectivity index (χ3v) is 5.41. The van der Waals surface area contributed by atoms with Crippen LogP contribution in [0.1, 0.15) is 18.1 Å². The van der Waals surface area contributed by atoms with Crippen molar-refractivity contribution in [1.82, 2.24) is 5.43 Å². The average molecular weight is 464 g/mol. The van der Waals surface area contributed by atoms with Crippen molar-refractivity contribution in [2.75, 3.05) is 31.3 Å². The molecule has 32 heavy (non-hydrogen) atoms. The highest BCUT2D eigenvalue weighted by Crippen LogP contribution is 2.28. The van der Waals surface area contributed by atoms with Crippen LogP contribution in [0.25, 0.3) is 0 Å². The van der Waals surface area contributed by atoms with Crippen LogP contribution in [-0.4, -0.2) is 53.7 Å². The van der Waals surface area contributed by atoms with E-state index in [1.165, 1.54) is 32.6 Å². The molecule has 0 saturated carbocycles. The Morgan fingerprint density at radius 2 is 1.84 bits per heavy atom. The number of carbonyl (C=O) groups excluding carboxylic acids is 2. The number of aryl methyl sites for hydroxylation is 1. The van der Waals surface area contributed by atoms with Crippen LogP contribution in [0.4, 0.5) is 10.5 Å². The number of hydrogen-bond donors (Lipinski definition) is 1. The van der Waals surface area contributed by atoms with Crippen LogP contribution in [0, 0.1) is 0 Å². The Balaban J connectivity index is 2.11. The van der Waals surface area contributed by atoms with Crippen LogP contribution < -0.4 is 19.2 Å². The number of rotatable bonds is 9. The summed E-state index contributed by atoms with van der Waals surface area (Å²) in [7, 11) is -1.11. The van der Waals surface area contributed by atoms with E-state index in [4.69, 9.17) is 9.47 Å². The molecule has 1 N–H and O–H groups in total. The summed E-state index contributed by atoms with van der Waals surface area (Å²) in [6.07, 6.45) is 2.10. The molecule has 2 aromatic rings. The lowest BCUT2D eigenvalue weighted by Crippen LogP contribution is -2.39. The lowest BCUT2D eigenvalue weighted by molar-refractivity contribution is -0.119. The summed E-state index contributed by atoms with van der Waals surface area (Å²) < 4.78 is 40.2. The third kappa shape index (κ3) is 6.71. The van der Waals surface area contributed by atoms with E-state index in [9.17, 15) is 18.0 Å². The zero-order valence-electron chi connectivity index (χ0n) is 18.2. The molecule has 0 unspecified atom stereocenters. The molecule has 11 heteroatoms. The molecule has 10 nitrogen and oxygen atoms in total. The summed E-state index contributed by atoms with van der Waals surface area (Å²) in [4.78, 5) is 23.6. The van der Waals surface area contributed by atoms with Crippen molar-refractivity contribution in [2.24, 2.45) is 5.10 Å². The van der Waals surface area contributed by atoms with Crippen molar-refractivity contribution in [3.05, 3.63) is 53.6 Å². The topological polar surface area (TPSA) is 124 Å². The van der Waals surface area contributed by atoms with E-state index in [0.717, 1.165) is 16.1 Å². The van der Waals surface area contributed by atoms with E-state index >= 15 is 0 Å². The predicted molar refractivity (Wildman–Crippen MR) is 120 cm³/mol. The molecule has 1 amide bonds. The number of ether oxygens (including phenoxy) is 3. The van der Waals surface area contributed by atoms with E-state index in [1.54, 1.807) is 18.2 Å². The molecule has 0 atom stereocenters. The van der Waals surface area contributed by atoms with Crippen LogP contribution in [0.2, 0.25) is 0 Å². The van der Waals surface area contributed by atoms with Gasteiger partial charge in [-0.1, -0.05) is 25.1 Å². The second-order valence-corrected chi connectivity index (χ2v) is 8.42. The minimum absolute atomic E-state index is 0.152. The first-order valence-corrected chi connectivity index (χ1v) is 11.4. The van der Waals surface area contributed by atoms with Gasteiger partial charge in [0, 0.05) is 0 Å². The number of hydrogen-bond acceptors (Lipinski definition) is 8. The number of sulfonamides is 1. The van der Waals surface area contributed by atoms with Gasteiger partial charge in [-0.15, -0.1) is 0 Å². The largest absolute Gasteiger partial charge is 0.513 e. The molecule has 0 aliphatic rings. The number of amides is 1. The predicted octanol–water partition coefficient (Wildman–Crippen LogP) is 2.32. The van der Waals surface area contributed by atoms with Crippen molar-refractivity contribution in [2.45, 2.75) is 13.3 Å². The van der Waals surface area contributed by atoms with Gasteiger partial charge in [0.2, 0.25) is 10.0 Å². The van der Waals surface area contributed by atoms with E-state index in [0.29, 0.717) is 17.7 Å². The molecule has 0 heterocycles. The van der Waals surface area contributed by atoms with Crippen LogP contribution >= 0.6 is 0 Å². The molecular weight excluding hydrogens is 438 g/mol. The minimum Gasteiger partial charge on any atom is -0.493 e. The lowest BCUT2D eigenvalue weighted by Gasteiger charge is -2.23. The number of carbonyl (C=O) groups is 2. The fourth-order valence-electron chi connectivity index (χ4n) is 2.76. The Morgan fingerprint density at radius 1 is 1.12 bits per heavy atom. The monoisotopic (exact) mass is 463 g/mol. The number of anilines is 1. The molecule has 172 valence electrons. The van der Waals surface area contributed by atoms with Crippen molar-refractivity contribution in [3.63, 3.8) is 0 Å². The highest BCUT2D eigenvalue weighted by atomic mass is 32.2. The summed E-state index contributed by atoms with van der Waals surface area (Å²) in [5.41, 5.74) is 4.10. The first-order valence-electron chi connectivity index (χ1n) is 9.51. The van der Waals surface area contributed by atoms with E-state index < -0.39 is 28.6 Å². The van der Waals surface area contributed by atoms with Gasteiger partial charge in [0.15, 0.2) is 11.5 Å². The van der Waals surface area contributed by atoms with Crippen molar-refractivity contribution >= 4 is 34.0 Å². The van der Waals surface area contributed by atoms with Gasteiger partial charge in [-0.2, -0.15) is 5.10 Å². The normalized spacial score (nSPS) is 11.1. The molecule has 0 radical (unpaired) electrons. The zero-order chi connectivity index (χ0) is 23.7. The molecule has 2 rings (SSSR count). The van der Waals surface area contributed by atoms with E-state index in [2.05, 4.69) is 15.3 Å². The van der Waals surface area contributed by atoms with Gasteiger partial charge < -0.3 is 14.2 Å². The van der Waals surface area contributed by atoms with Gasteiger partial charge in [0.05, 0.1) is 32.4 Å². The molecule has 0 aliphatic heterocycles. The molecule has 2 aromatic carbocycles. The van der Waals surface area contributed by atoms with Crippen molar-refractivity contribution in [1.29, 1.82) is 0 Å². The maximum Gasteiger partial charge on any atom is 0.513 e. The molecular formula is C21H25N3O7S. The maximum absolute atomic E-state index is 12.4. The number of methoxy groups -OCH3 is 2. The summed E-state index contributed by atoms with van der Waals surface area (Å²) in [5, 5.41) is 3.86. The highest BCUT2D eigenvalue weighted by Gasteiger charge is 2.22. The van der Waals surface area contributed by atoms with Gasteiger partial charge >= 0.3 is 6.16 Å². The molecule has 0 aliphatic carbocycles.